The first-order chi connectivity index (χ1) is 9.58. The van der Waals surface area contributed by atoms with Gasteiger partial charge in [-0.2, -0.15) is 5.26 Å². The number of hydrogen-bond acceptors (Lipinski definition) is 5. The van der Waals surface area contributed by atoms with Gasteiger partial charge in [-0.25, -0.2) is 0 Å². The second-order valence-corrected chi connectivity index (χ2v) is 4.89. The van der Waals surface area contributed by atoms with E-state index < -0.39 is 0 Å². The molecule has 0 fully saturated rings. The van der Waals surface area contributed by atoms with E-state index in [1.807, 2.05) is 20.8 Å². The topological polar surface area (TPSA) is 81.9 Å². The van der Waals surface area contributed by atoms with Gasteiger partial charge >= 0.3 is 0 Å². The predicted molar refractivity (Wildman–Crippen MR) is 77.2 cm³/mol. The number of amides is 1. The molecule has 0 atom stereocenters. The van der Waals surface area contributed by atoms with Gasteiger partial charge in [0.25, 0.3) is 5.91 Å². The van der Waals surface area contributed by atoms with Crippen molar-refractivity contribution >= 4 is 11.7 Å². The van der Waals surface area contributed by atoms with Gasteiger partial charge in [0.15, 0.2) is 5.69 Å². The highest BCUT2D eigenvalue weighted by Gasteiger charge is 2.18. The molecular formula is C14H21N5O. The Morgan fingerprint density at radius 3 is 2.70 bits per heavy atom. The third-order valence-electron chi connectivity index (χ3n) is 2.61. The second-order valence-electron chi connectivity index (χ2n) is 4.89. The number of nitrogens with one attached hydrogen (secondary N) is 1. The largest absolute Gasteiger partial charge is 0.369 e. The molecule has 0 aromatic carbocycles. The average Bonchev–Trinajstić information content (AvgIpc) is 2.43. The van der Waals surface area contributed by atoms with Crippen LogP contribution in [0.2, 0.25) is 0 Å². The van der Waals surface area contributed by atoms with E-state index >= 15 is 0 Å². The lowest BCUT2D eigenvalue weighted by Crippen LogP contribution is -2.35. The van der Waals surface area contributed by atoms with Crippen molar-refractivity contribution in [2.24, 2.45) is 5.92 Å². The van der Waals surface area contributed by atoms with Crippen LogP contribution < -0.4 is 5.32 Å². The molecule has 1 heterocycles. The minimum absolute atomic E-state index is 0.176. The highest BCUT2D eigenvalue weighted by molar-refractivity contribution is 5.92. The van der Waals surface area contributed by atoms with Gasteiger partial charge in [-0.05, 0) is 25.0 Å². The fourth-order valence-electron chi connectivity index (χ4n) is 1.79. The van der Waals surface area contributed by atoms with E-state index in [1.165, 1.54) is 0 Å². The molecule has 1 aromatic rings. The summed E-state index contributed by atoms with van der Waals surface area (Å²) in [6.07, 6.45) is 0.321. The average molecular weight is 275 g/mol. The quantitative estimate of drug-likeness (QED) is 0.822. The molecule has 0 saturated heterocycles. The van der Waals surface area contributed by atoms with Crippen LogP contribution in [0.5, 0.6) is 0 Å². The molecule has 0 saturated carbocycles. The van der Waals surface area contributed by atoms with Gasteiger partial charge in [0.2, 0.25) is 0 Å². The van der Waals surface area contributed by atoms with E-state index in [4.69, 9.17) is 5.26 Å². The highest BCUT2D eigenvalue weighted by atomic mass is 16.2. The van der Waals surface area contributed by atoms with Crippen LogP contribution in [0, 0.1) is 17.2 Å². The first-order valence-corrected chi connectivity index (χ1v) is 6.82. The number of nitrogens with zero attached hydrogens (tertiary/aromatic N) is 4. The molecule has 0 bridgehead atoms. The molecule has 0 radical (unpaired) electrons. The summed E-state index contributed by atoms with van der Waals surface area (Å²) in [6, 6.07) is 5.46. The predicted octanol–water partition coefficient (Wildman–Crippen LogP) is 1.92. The van der Waals surface area contributed by atoms with Crippen LogP contribution in [-0.2, 0) is 0 Å². The molecule has 1 amide bonds. The summed E-state index contributed by atoms with van der Waals surface area (Å²) in [5.74, 6) is 0.813. The van der Waals surface area contributed by atoms with Crippen molar-refractivity contribution in [2.75, 3.05) is 25.0 Å². The SMILES string of the molecule is CCNc1ccc(C(=O)N(CCC#N)CC(C)C)nn1. The molecule has 0 spiro atoms. The molecule has 0 aliphatic heterocycles. The monoisotopic (exact) mass is 275 g/mol. The Morgan fingerprint density at radius 1 is 1.45 bits per heavy atom. The van der Waals surface area contributed by atoms with Crippen molar-refractivity contribution in [3.8, 4) is 6.07 Å². The number of aromatic nitrogens is 2. The summed E-state index contributed by atoms with van der Waals surface area (Å²) >= 11 is 0. The summed E-state index contributed by atoms with van der Waals surface area (Å²) < 4.78 is 0. The summed E-state index contributed by atoms with van der Waals surface area (Å²) in [7, 11) is 0. The second kappa shape index (κ2) is 8.10. The number of carbonyl (C=O) groups excluding carboxylic acids is 1. The lowest BCUT2D eigenvalue weighted by molar-refractivity contribution is 0.0733. The third-order valence-corrected chi connectivity index (χ3v) is 2.61. The van der Waals surface area contributed by atoms with Gasteiger partial charge in [0.05, 0.1) is 12.5 Å². The lowest BCUT2D eigenvalue weighted by atomic mass is 10.2. The third kappa shape index (κ3) is 4.84. The Bertz CT molecular complexity index is 463. The maximum Gasteiger partial charge on any atom is 0.274 e. The first kappa shape index (κ1) is 15.9. The Kier molecular flexibility index (Phi) is 6.44. The zero-order valence-electron chi connectivity index (χ0n) is 12.3. The zero-order chi connectivity index (χ0) is 15.0. The van der Waals surface area contributed by atoms with Crippen LogP contribution >= 0.6 is 0 Å². The van der Waals surface area contributed by atoms with E-state index in [-0.39, 0.29) is 5.91 Å². The molecule has 0 aliphatic rings. The van der Waals surface area contributed by atoms with Crippen molar-refractivity contribution < 1.29 is 4.79 Å². The Hall–Kier alpha value is -2.16. The molecule has 0 aliphatic carbocycles. The lowest BCUT2D eigenvalue weighted by Gasteiger charge is -2.23. The zero-order valence-corrected chi connectivity index (χ0v) is 12.3. The summed E-state index contributed by atoms with van der Waals surface area (Å²) in [5, 5.41) is 19.6. The number of carbonyl (C=O) groups is 1. The number of rotatable bonds is 7. The van der Waals surface area contributed by atoms with E-state index in [2.05, 4.69) is 21.6 Å². The molecular weight excluding hydrogens is 254 g/mol. The van der Waals surface area contributed by atoms with Crippen LogP contribution in [-0.4, -0.2) is 40.6 Å². The van der Waals surface area contributed by atoms with Crippen molar-refractivity contribution in [1.82, 2.24) is 15.1 Å². The van der Waals surface area contributed by atoms with E-state index in [0.717, 1.165) is 6.54 Å². The van der Waals surface area contributed by atoms with Crippen molar-refractivity contribution in [1.29, 1.82) is 5.26 Å². The molecule has 1 aromatic heterocycles. The summed E-state index contributed by atoms with van der Waals surface area (Å²) in [5.41, 5.74) is 0.310. The van der Waals surface area contributed by atoms with Gasteiger partial charge in [0.1, 0.15) is 5.82 Å². The van der Waals surface area contributed by atoms with Crippen molar-refractivity contribution in [2.45, 2.75) is 27.2 Å². The maximum absolute atomic E-state index is 12.3. The molecule has 1 rings (SSSR count). The summed E-state index contributed by atoms with van der Waals surface area (Å²) in [6.45, 7) is 7.82. The number of hydrogen-bond donors (Lipinski definition) is 1. The molecule has 108 valence electrons. The minimum Gasteiger partial charge on any atom is -0.369 e. The molecule has 1 N–H and O–H groups in total. The Balaban J connectivity index is 2.79. The summed E-state index contributed by atoms with van der Waals surface area (Å²) in [4.78, 5) is 14.0. The number of anilines is 1. The van der Waals surface area contributed by atoms with Crippen LogP contribution in [0.15, 0.2) is 12.1 Å². The minimum atomic E-state index is -0.176. The molecule has 20 heavy (non-hydrogen) atoms. The maximum atomic E-state index is 12.3. The fourth-order valence-corrected chi connectivity index (χ4v) is 1.79. The van der Waals surface area contributed by atoms with E-state index in [9.17, 15) is 4.79 Å². The van der Waals surface area contributed by atoms with Crippen LogP contribution in [0.4, 0.5) is 5.82 Å². The van der Waals surface area contributed by atoms with Crippen molar-refractivity contribution in [3.63, 3.8) is 0 Å². The normalized spacial score (nSPS) is 10.2. The van der Waals surface area contributed by atoms with Crippen LogP contribution in [0.3, 0.4) is 0 Å². The molecule has 6 nitrogen and oxygen atoms in total. The van der Waals surface area contributed by atoms with Crippen molar-refractivity contribution in [3.05, 3.63) is 17.8 Å². The number of nitriles is 1. The fraction of sp³-hybridized carbons (Fsp3) is 0.571. The smallest absolute Gasteiger partial charge is 0.274 e. The van der Waals surface area contributed by atoms with Gasteiger partial charge < -0.3 is 10.2 Å². The standard InChI is InChI=1S/C14H21N5O/c1-4-16-13-7-6-12(17-18-13)14(20)19(9-5-8-15)10-11(2)3/h6-7,11H,4-5,9-10H2,1-3H3,(H,16,18). The Morgan fingerprint density at radius 2 is 2.20 bits per heavy atom. The van der Waals surface area contributed by atoms with E-state index in [1.54, 1.807) is 17.0 Å². The van der Waals surface area contributed by atoms with Crippen LogP contribution in [0.1, 0.15) is 37.7 Å². The van der Waals surface area contributed by atoms with Gasteiger partial charge in [-0.15, -0.1) is 10.2 Å². The van der Waals surface area contributed by atoms with E-state index in [0.29, 0.717) is 36.9 Å². The highest BCUT2D eigenvalue weighted by Crippen LogP contribution is 2.08. The van der Waals surface area contributed by atoms with Gasteiger partial charge in [-0.1, -0.05) is 13.8 Å². The molecule has 0 unspecified atom stereocenters. The van der Waals surface area contributed by atoms with Gasteiger partial charge in [0, 0.05) is 19.6 Å². The molecule has 6 heteroatoms. The van der Waals surface area contributed by atoms with Gasteiger partial charge in [-0.3, -0.25) is 4.79 Å². The first-order valence-electron chi connectivity index (χ1n) is 6.82. The van der Waals surface area contributed by atoms with Crippen LogP contribution in [0.25, 0.3) is 0 Å². The Labute approximate surface area is 119 Å².